The lowest BCUT2D eigenvalue weighted by Gasteiger charge is -2.31. The van der Waals surface area contributed by atoms with Gasteiger partial charge < -0.3 is 24.4 Å². The maximum Gasteiger partial charge on any atom is 0.480 e. The van der Waals surface area contributed by atoms with E-state index >= 15 is 0 Å². The van der Waals surface area contributed by atoms with Crippen molar-refractivity contribution in [1.82, 2.24) is 9.55 Å². The second-order valence-corrected chi connectivity index (χ2v) is 10.9. The Morgan fingerprint density at radius 3 is 2.11 bits per heavy atom. The average Bonchev–Trinajstić information content (AvgIpc) is 3.03. The van der Waals surface area contributed by atoms with Crippen molar-refractivity contribution < 1.29 is 56.5 Å². The molecule has 0 aliphatic carbocycles. The molecule has 0 bridgehead atoms. The van der Waals surface area contributed by atoms with Gasteiger partial charge in [0.15, 0.2) is 11.8 Å². The highest BCUT2D eigenvalue weighted by molar-refractivity contribution is 7.48. The predicted molar refractivity (Wildman–Crippen MR) is 124 cm³/mol. The fraction of sp³-hybridized carbons (Fsp3) is 0.714. The first kappa shape index (κ1) is 31.8. The highest BCUT2D eigenvalue weighted by atomic mass is 31.2. The topological polar surface area (TPSA) is 202 Å². The number of nitrogens with one attached hydrogen (secondary N) is 1. The van der Waals surface area contributed by atoms with Crippen molar-refractivity contribution in [2.24, 2.45) is 11.8 Å². The van der Waals surface area contributed by atoms with Crippen molar-refractivity contribution >= 4 is 19.8 Å². The van der Waals surface area contributed by atoms with E-state index < -0.39 is 93.2 Å². The van der Waals surface area contributed by atoms with Crippen LogP contribution in [0.25, 0.3) is 0 Å². The van der Waals surface area contributed by atoms with Gasteiger partial charge in [0.2, 0.25) is 13.6 Å². The maximum absolute atomic E-state index is 14.3. The van der Waals surface area contributed by atoms with Crippen LogP contribution in [0.4, 0.5) is 4.39 Å². The van der Waals surface area contributed by atoms with Crippen LogP contribution in [-0.2, 0) is 41.9 Å². The molecular weight excluding hydrogens is 538 g/mol. The number of halogens is 1. The fourth-order valence-corrected chi connectivity index (χ4v) is 4.18. The summed E-state index contributed by atoms with van der Waals surface area (Å²) in [5.74, 6) is -2.55. The van der Waals surface area contributed by atoms with E-state index in [0.29, 0.717) is 4.57 Å². The number of aromatic amines is 1. The lowest BCUT2D eigenvalue weighted by Crippen LogP contribution is -2.53. The number of hydrogen-bond donors (Lipinski definition) is 3. The first-order valence-electron chi connectivity index (χ1n) is 11.4. The molecular formula is C21H32FN2O13P. The molecule has 17 heteroatoms. The highest BCUT2D eigenvalue weighted by Gasteiger charge is 2.63. The van der Waals surface area contributed by atoms with Crippen molar-refractivity contribution in [2.75, 3.05) is 26.9 Å². The van der Waals surface area contributed by atoms with Crippen molar-refractivity contribution in [3.8, 4) is 0 Å². The molecule has 216 valence electrons. The average molecular weight is 570 g/mol. The predicted octanol–water partition coefficient (Wildman–Crippen LogP) is 0.357. The largest absolute Gasteiger partial charge is 0.480 e. The Bertz CT molecular complexity index is 1120. The third kappa shape index (κ3) is 7.34. The minimum absolute atomic E-state index is 0.556. The molecule has 4 unspecified atom stereocenters. The number of H-pyrrole nitrogens is 1. The van der Waals surface area contributed by atoms with Crippen LogP contribution in [0.2, 0.25) is 0 Å². The zero-order valence-electron chi connectivity index (χ0n) is 21.5. The van der Waals surface area contributed by atoms with Crippen molar-refractivity contribution in [1.29, 1.82) is 0 Å². The van der Waals surface area contributed by atoms with Crippen LogP contribution in [0.5, 0.6) is 0 Å². The van der Waals surface area contributed by atoms with Crippen molar-refractivity contribution in [3.63, 3.8) is 0 Å². The number of carbonyl (C=O) groups is 2. The van der Waals surface area contributed by atoms with Crippen molar-refractivity contribution in [3.05, 3.63) is 33.1 Å². The summed E-state index contributed by atoms with van der Waals surface area (Å²) >= 11 is 0. The first-order chi connectivity index (χ1) is 17.6. The number of phosphoric ester groups is 1. The minimum atomic E-state index is -4.79. The van der Waals surface area contributed by atoms with Crippen LogP contribution in [0.1, 0.15) is 40.8 Å². The molecule has 0 radical (unpaired) electrons. The summed E-state index contributed by atoms with van der Waals surface area (Å²) in [5.41, 5.74) is -6.52. The molecule has 3 N–H and O–H groups in total. The van der Waals surface area contributed by atoms with Crippen LogP contribution >= 0.6 is 7.82 Å². The monoisotopic (exact) mass is 570 g/mol. The van der Waals surface area contributed by atoms with E-state index in [4.69, 9.17) is 27.8 Å². The van der Waals surface area contributed by atoms with Crippen LogP contribution in [0.3, 0.4) is 0 Å². The number of aliphatic hydroxyl groups is 2. The molecule has 0 saturated carbocycles. The van der Waals surface area contributed by atoms with Gasteiger partial charge in [-0.15, -0.1) is 0 Å². The summed E-state index contributed by atoms with van der Waals surface area (Å²) in [5, 5.41) is 21.6. The molecule has 2 heterocycles. The normalized spacial score (nSPS) is 25.6. The molecule has 15 nitrogen and oxygen atoms in total. The van der Waals surface area contributed by atoms with E-state index in [1.54, 1.807) is 0 Å². The van der Waals surface area contributed by atoms with Crippen LogP contribution < -0.4 is 11.2 Å². The molecule has 0 spiro atoms. The Morgan fingerprint density at radius 1 is 1.13 bits per heavy atom. The minimum Gasteiger partial charge on any atom is -0.438 e. The maximum atomic E-state index is 14.3. The number of carbonyl (C=O) groups excluding carboxylic acids is 2. The lowest BCUT2D eigenvalue weighted by molar-refractivity contribution is -0.160. The van der Waals surface area contributed by atoms with Gasteiger partial charge in [0.1, 0.15) is 18.4 Å². The first-order valence-corrected chi connectivity index (χ1v) is 12.9. The summed E-state index contributed by atoms with van der Waals surface area (Å²) in [4.78, 5) is 48.9. The number of esters is 2. The number of alkyl halides is 1. The second kappa shape index (κ2) is 12.6. The quantitative estimate of drug-likeness (QED) is 0.167. The summed E-state index contributed by atoms with van der Waals surface area (Å²) in [6.45, 7) is 2.70. The zero-order valence-corrected chi connectivity index (χ0v) is 22.3. The summed E-state index contributed by atoms with van der Waals surface area (Å²) < 4.78 is 58.3. The van der Waals surface area contributed by atoms with Crippen molar-refractivity contribution in [2.45, 2.75) is 58.2 Å². The number of nitrogens with zero attached hydrogens (tertiary/aromatic N) is 1. The molecule has 1 fully saturated rings. The Balaban J connectivity index is 2.26. The molecule has 4 atom stereocenters. The third-order valence-electron chi connectivity index (χ3n) is 5.46. The van der Waals surface area contributed by atoms with Gasteiger partial charge >= 0.3 is 25.5 Å². The molecule has 38 heavy (non-hydrogen) atoms. The Labute approximate surface area is 216 Å². The number of aliphatic hydroxyl groups excluding tert-OH is 1. The smallest absolute Gasteiger partial charge is 0.438 e. The third-order valence-corrected chi connectivity index (χ3v) is 6.75. The van der Waals surface area contributed by atoms with E-state index in [1.165, 1.54) is 27.7 Å². The molecule has 1 aliphatic rings. The molecule has 1 aliphatic heterocycles. The lowest BCUT2D eigenvalue weighted by atomic mass is 9.88. The SMILES string of the molecule is CC(C)C(=O)OCOP(=O)(OCOC(=O)C(C)C)OCC1(CF)OC(n2ccc(=O)[nH]c2=O)C(C)(O)C1O. The van der Waals surface area contributed by atoms with Gasteiger partial charge in [0.25, 0.3) is 5.56 Å². The van der Waals surface area contributed by atoms with Crippen LogP contribution in [-0.4, -0.2) is 75.9 Å². The van der Waals surface area contributed by atoms with Crippen LogP contribution in [0.15, 0.2) is 21.9 Å². The van der Waals surface area contributed by atoms with Gasteiger partial charge in [0, 0.05) is 12.3 Å². The number of hydrogen-bond acceptors (Lipinski definition) is 13. The van der Waals surface area contributed by atoms with E-state index in [1.807, 2.05) is 4.98 Å². The number of phosphoric acid groups is 1. The Kier molecular flexibility index (Phi) is 10.5. The van der Waals surface area contributed by atoms with E-state index in [-0.39, 0.29) is 0 Å². The van der Waals surface area contributed by atoms with E-state index in [0.717, 1.165) is 19.2 Å². The fourth-order valence-electron chi connectivity index (χ4n) is 3.21. The van der Waals surface area contributed by atoms with Gasteiger partial charge in [-0.25, -0.2) is 22.8 Å². The Morgan fingerprint density at radius 2 is 1.66 bits per heavy atom. The van der Waals surface area contributed by atoms with Crippen LogP contribution in [0, 0.1) is 11.8 Å². The van der Waals surface area contributed by atoms with Gasteiger partial charge in [-0.2, -0.15) is 0 Å². The van der Waals surface area contributed by atoms with Gasteiger partial charge in [-0.1, -0.05) is 27.7 Å². The van der Waals surface area contributed by atoms with Gasteiger partial charge in [-0.3, -0.25) is 28.5 Å². The summed E-state index contributed by atoms with van der Waals surface area (Å²) in [7, 11) is -4.79. The summed E-state index contributed by atoms with van der Waals surface area (Å²) in [6, 6.07) is 0.936. The van der Waals surface area contributed by atoms with E-state index in [2.05, 4.69) is 0 Å². The molecule has 1 aromatic rings. The van der Waals surface area contributed by atoms with Gasteiger partial charge in [0.05, 0.1) is 18.4 Å². The zero-order chi connectivity index (χ0) is 28.9. The molecule has 1 aromatic heterocycles. The molecule has 0 amide bonds. The highest BCUT2D eigenvalue weighted by Crippen LogP contribution is 2.52. The summed E-state index contributed by atoms with van der Waals surface area (Å²) in [6.07, 6.45) is -2.83. The number of rotatable bonds is 13. The second-order valence-electron chi connectivity index (χ2n) is 9.27. The number of ether oxygens (including phenoxy) is 3. The molecule has 1 saturated heterocycles. The molecule has 0 aromatic carbocycles. The standard InChI is InChI=1S/C21H32FN2O13P/c1-12(2)15(26)32-10-35-38(31,36-11-33-16(27)13(3)4)34-9-21(8-22)17(28)20(5,30)18(37-21)24-7-6-14(25)23-19(24)29/h6-7,12-13,17-18,28,30H,8-11H2,1-5H3,(H,23,25,29). The van der Waals surface area contributed by atoms with E-state index in [9.17, 15) is 38.3 Å². The van der Waals surface area contributed by atoms with Gasteiger partial charge in [-0.05, 0) is 6.92 Å². The number of aromatic nitrogens is 2. The Hall–Kier alpha value is -2.46. The molecule has 2 rings (SSSR count).